The van der Waals surface area contributed by atoms with Crippen LogP contribution in [0.5, 0.6) is 5.75 Å². The molecule has 0 bridgehead atoms. The van der Waals surface area contributed by atoms with Crippen LogP contribution in [0.25, 0.3) is 0 Å². The standard InChI is InChI=1S/C13H19NO4/c14-13(9-15,12(17)18)8-2-1-3-10-4-6-11(16)7-5-10/h4-7,15-16H,1-3,8-9,14H2,(H,17,18). The van der Waals surface area contributed by atoms with E-state index < -0.39 is 18.1 Å². The number of benzene rings is 1. The molecule has 0 aliphatic heterocycles. The van der Waals surface area contributed by atoms with Gasteiger partial charge in [-0.2, -0.15) is 0 Å². The van der Waals surface area contributed by atoms with Crippen molar-refractivity contribution < 1.29 is 20.1 Å². The van der Waals surface area contributed by atoms with Gasteiger partial charge in [0.15, 0.2) is 0 Å². The molecule has 0 aliphatic rings. The number of carbonyl (C=O) groups is 1. The zero-order valence-electron chi connectivity index (χ0n) is 10.2. The molecule has 1 aromatic rings. The second kappa shape index (κ2) is 6.37. The van der Waals surface area contributed by atoms with Crippen LogP contribution in [-0.2, 0) is 11.2 Å². The monoisotopic (exact) mass is 253 g/mol. The van der Waals surface area contributed by atoms with Crippen LogP contribution in [0.1, 0.15) is 24.8 Å². The van der Waals surface area contributed by atoms with Gasteiger partial charge in [0.25, 0.3) is 0 Å². The summed E-state index contributed by atoms with van der Waals surface area (Å²) >= 11 is 0. The van der Waals surface area contributed by atoms with Gasteiger partial charge in [0.2, 0.25) is 0 Å². The van der Waals surface area contributed by atoms with Crippen LogP contribution >= 0.6 is 0 Å². The number of aliphatic hydroxyl groups excluding tert-OH is 1. The Bertz CT molecular complexity index is 390. The lowest BCUT2D eigenvalue weighted by atomic mass is 9.93. The fraction of sp³-hybridized carbons (Fsp3) is 0.462. The SMILES string of the molecule is NC(CO)(CCCCc1ccc(O)cc1)C(=O)O. The van der Waals surface area contributed by atoms with Crippen LogP contribution in [0.3, 0.4) is 0 Å². The number of rotatable bonds is 7. The van der Waals surface area contributed by atoms with Crippen LogP contribution in [0.2, 0.25) is 0 Å². The first-order valence-corrected chi connectivity index (χ1v) is 5.89. The first-order valence-electron chi connectivity index (χ1n) is 5.89. The quantitative estimate of drug-likeness (QED) is 0.540. The van der Waals surface area contributed by atoms with Gasteiger partial charge in [-0.1, -0.05) is 18.6 Å². The van der Waals surface area contributed by atoms with Gasteiger partial charge in [-0.3, -0.25) is 4.79 Å². The van der Waals surface area contributed by atoms with E-state index in [9.17, 15) is 4.79 Å². The number of nitrogens with two attached hydrogens (primary N) is 1. The highest BCUT2D eigenvalue weighted by atomic mass is 16.4. The molecule has 0 aliphatic carbocycles. The highest BCUT2D eigenvalue weighted by molar-refractivity contribution is 5.78. The minimum absolute atomic E-state index is 0.228. The number of phenolic OH excluding ortho intramolecular Hbond substituents is 1. The van der Waals surface area contributed by atoms with E-state index in [1.54, 1.807) is 12.1 Å². The number of aryl methyl sites for hydroxylation is 1. The van der Waals surface area contributed by atoms with Crippen molar-refractivity contribution in [2.75, 3.05) is 6.61 Å². The first kappa shape index (κ1) is 14.5. The lowest BCUT2D eigenvalue weighted by Crippen LogP contribution is -2.51. The number of hydrogen-bond donors (Lipinski definition) is 4. The van der Waals surface area contributed by atoms with Crippen molar-refractivity contribution in [2.45, 2.75) is 31.2 Å². The molecule has 100 valence electrons. The van der Waals surface area contributed by atoms with E-state index in [1.807, 2.05) is 12.1 Å². The molecule has 0 amide bonds. The molecule has 0 radical (unpaired) electrons. The second-order valence-corrected chi connectivity index (χ2v) is 4.49. The number of hydrogen-bond acceptors (Lipinski definition) is 4. The van der Waals surface area contributed by atoms with Crippen LogP contribution in [0, 0.1) is 0 Å². The molecule has 1 atom stereocenters. The Hall–Kier alpha value is -1.59. The van der Waals surface area contributed by atoms with E-state index in [0.29, 0.717) is 6.42 Å². The number of aromatic hydroxyl groups is 1. The van der Waals surface area contributed by atoms with Gasteiger partial charge in [-0.15, -0.1) is 0 Å². The fourth-order valence-corrected chi connectivity index (χ4v) is 1.69. The van der Waals surface area contributed by atoms with Gasteiger partial charge < -0.3 is 21.1 Å². The third-order valence-electron chi connectivity index (χ3n) is 2.98. The molecule has 18 heavy (non-hydrogen) atoms. The Morgan fingerprint density at radius 2 is 1.83 bits per heavy atom. The van der Waals surface area contributed by atoms with Crippen LogP contribution in [-0.4, -0.2) is 33.4 Å². The largest absolute Gasteiger partial charge is 0.508 e. The van der Waals surface area contributed by atoms with E-state index >= 15 is 0 Å². The average molecular weight is 253 g/mol. The van der Waals surface area contributed by atoms with Gasteiger partial charge in [0, 0.05) is 0 Å². The summed E-state index contributed by atoms with van der Waals surface area (Å²) in [6, 6.07) is 6.89. The summed E-state index contributed by atoms with van der Waals surface area (Å²) in [4.78, 5) is 10.8. The number of aliphatic carboxylic acids is 1. The first-order chi connectivity index (χ1) is 8.48. The van der Waals surface area contributed by atoms with Crippen molar-refractivity contribution in [3.05, 3.63) is 29.8 Å². The molecule has 5 nitrogen and oxygen atoms in total. The van der Waals surface area contributed by atoms with Crippen molar-refractivity contribution in [1.29, 1.82) is 0 Å². The summed E-state index contributed by atoms with van der Waals surface area (Å²) in [5, 5.41) is 27.0. The summed E-state index contributed by atoms with van der Waals surface area (Å²) in [5.74, 6) is -0.944. The summed E-state index contributed by atoms with van der Waals surface area (Å²) < 4.78 is 0. The van der Waals surface area contributed by atoms with Gasteiger partial charge in [0.05, 0.1) is 6.61 Å². The maximum Gasteiger partial charge on any atom is 0.326 e. The topological polar surface area (TPSA) is 104 Å². The van der Waals surface area contributed by atoms with Crippen molar-refractivity contribution in [3.63, 3.8) is 0 Å². The van der Waals surface area contributed by atoms with Crippen molar-refractivity contribution >= 4 is 5.97 Å². The summed E-state index contributed by atoms with van der Waals surface area (Å²) in [6.07, 6.45) is 2.46. The number of aliphatic hydroxyl groups is 1. The third kappa shape index (κ3) is 4.01. The van der Waals surface area contributed by atoms with E-state index in [-0.39, 0.29) is 12.2 Å². The van der Waals surface area contributed by atoms with Crippen molar-refractivity contribution in [2.24, 2.45) is 5.73 Å². The highest BCUT2D eigenvalue weighted by Crippen LogP contribution is 2.15. The molecular weight excluding hydrogens is 234 g/mol. The Balaban J connectivity index is 2.34. The number of unbranched alkanes of at least 4 members (excludes halogenated alkanes) is 1. The van der Waals surface area contributed by atoms with E-state index in [4.69, 9.17) is 21.1 Å². The molecule has 1 aromatic carbocycles. The number of carboxylic acids is 1. The molecule has 0 saturated heterocycles. The molecule has 0 aromatic heterocycles. The Morgan fingerprint density at radius 3 is 2.33 bits per heavy atom. The summed E-state index contributed by atoms with van der Waals surface area (Å²) in [7, 11) is 0. The molecular formula is C13H19NO4. The third-order valence-corrected chi connectivity index (χ3v) is 2.98. The van der Waals surface area contributed by atoms with E-state index in [2.05, 4.69) is 0 Å². The highest BCUT2D eigenvalue weighted by Gasteiger charge is 2.32. The Morgan fingerprint density at radius 1 is 1.22 bits per heavy atom. The molecule has 0 heterocycles. The lowest BCUT2D eigenvalue weighted by molar-refractivity contribution is -0.145. The molecule has 5 heteroatoms. The molecule has 0 spiro atoms. The number of carboxylic acid groups (broad SMARTS) is 1. The predicted octanol–water partition coefficient (Wildman–Crippen LogP) is 0.879. The van der Waals surface area contributed by atoms with E-state index in [0.717, 1.165) is 18.4 Å². The van der Waals surface area contributed by atoms with Crippen molar-refractivity contribution in [1.82, 2.24) is 0 Å². The predicted molar refractivity (Wildman–Crippen MR) is 67.3 cm³/mol. The van der Waals surface area contributed by atoms with Crippen LogP contribution < -0.4 is 5.73 Å². The maximum absolute atomic E-state index is 10.8. The molecule has 0 saturated carbocycles. The van der Waals surface area contributed by atoms with Gasteiger partial charge >= 0.3 is 5.97 Å². The zero-order valence-corrected chi connectivity index (χ0v) is 10.2. The smallest absolute Gasteiger partial charge is 0.326 e. The van der Waals surface area contributed by atoms with Crippen LogP contribution in [0.4, 0.5) is 0 Å². The minimum atomic E-state index is -1.53. The van der Waals surface area contributed by atoms with Gasteiger partial charge in [-0.05, 0) is 37.0 Å². The van der Waals surface area contributed by atoms with Gasteiger partial charge in [0.1, 0.15) is 11.3 Å². The lowest BCUT2D eigenvalue weighted by Gasteiger charge is -2.21. The molecule has 1 unspecified atom stereocenters. The average Bonchev–Trinajstić information content (AvgIpc) is 2.36. The zero-order chi connectivity index (χ0) is 13.6. The molecule has 5 N–H and O–H groups in total. The maximum atomic E-state index is 10.8. The summed E-state index contributed by atoms with van der Waals surface area (Å²) in [5.41, 5.74) is 5.10. The Kier molecular flexibility index (Phi) is 5.12. The van der Waals surface area contributed by atoms with Crippen molar-refractivity contribution in [3.8, 4) is 5.75 Å². The normalized spacial score (nSPS) is 14.1. The molecule has 1 rings (SSSR count). The number of phenols is 1. The fourth-order valence-electron chi connectivity index (χ4n) is 1.69. The second-order valence-electron chi connectivity index (χ2n) is 4.49. The summed E-state index contributed by atoms with van der Waals surface area (Å²) in [6.45, 7) is -0.554. The Labute approximate surface area is 106 Å². The van der Waals surface area contributed by atoms with Crippen LogP contribution in [0.15, 0.2) is 24.3 Å². The van der Waals surface area contributed by atoms with E-state index in [1.165, 1.54) is 0 Å². The van der Waals surface area contributed by atoms with Gasteiger partial charge in [-0.25, -0.2) is 0 Å². The molecule has 0 fully saturated rings. The minimum Gasteiger partial charge on any atom is -0.508 e.